The van der Waals surface area contributed by atoms with Gasteiger partial charge in [-0.3, -0.25) is 0 Å². The molecule has 2 aromatic carbocycles. The van der Waals surface area contributed by atoms with Crippen molar-refractivity contribution < 1.29 is 17.3 Å². The number of nitrogens with zero attached hydrogens (tertiary/aromatic N) is 1. The summed E-state index contributed by atoms with van der Waals surface area (Å²) in [5.74, 6) is 0.558. The molecular formula is C24H24N2O4S. The molecule has 4 rings (SSSR count). The molecular weight excluding hydrogens is 412 g/mol. The second-order valence-electron chi connectivity index (χ2n) is 7.82. The van der Waals surface area contributed by atoms with Crippen molar-refractivity contribution in [3.8, 4) is 11.8 Å². The van der Waals surface area contributed by atoms with Gasteiger partial charge in [-0.25, -0.2) is 0 Å². The van der Waals surface area contributed by atoms with Gasteiger partial charge < -0.3 is 14.7 Å². The minimum absolute atomic E-state index is 0.0735. The van der Waals surface area contributed by atoms with Crippen LogP contribution in [0.1, 0.15) is 49.1 Å². The van der Waals surface area contributed by atoms with Crippen LogP contribution in [0.2, 0.25) is 0 Å². The molecule has 0 amide bonds. The first-order valence-corrected chi connectivity index (χ1v) is 11.7. The van der Waals surface area contributed by atoms with Gasteiger partial charge in [0, 0.05) is 12.0 Å². The molecule has 6 nitrogen and oxygen atoms in total. The SMILES string of the molecule is Cc1ccc(S(=O)(=O)Oc2ccccc2C2C(C#N)=C(N)OC3=C2CCCCC3)cc1. The normalized spacial score (nSPS) is 19.2. The van der Waals surface area contributed by atoms with Gasteiger partial charge in [0.25, 0.3) is 0 Å². The fourth-order valence-corrected chi connectivity index (χ4v) is 5.09. The number of nitriles is 1. The minimum Gasteiger partial charge on any atom is -0.445 e. The summed E-state index contributed by atoms with van der Waals surface area (Å²) in [6.07, 6.45) is 4.53. The second kappa shape index (κ2) is 8.48. The highest BCUT2D eigenvalue weighted by atomic mass is 32.2. The third-order valence-corrected chi connectivity index (χ3v) is 6.95. The Morgan fingerprint density at radius 2 is 1.77 bits per heavy atom. The van der Waals surface area contributed by atoms with Gasteiger partial charge in [0.05, 0.1) is 5.92 Å². The first kappa shape index (κ1) is 21.0. The Morgan fingerprint density at radius 3 is 2.52 bits per heavy atom. The molecule has 0 bridgehead atoms. The summed E-state index contributed by atoms with van der Waals surface area (Å²) in [5, 5.41) is 9.83. The molecule has 0 fully saturated rings. The zero-order valence-corrected chi connectivity index (χ0v) is 18.1. The van der Waals surface area contributed by atoms with Gasteiger partial charge in [-0.05, 0) is 50.0 Å². The third kappa shape index (κ3) is 4.17. The lowest BCUT2D eigenvalue weighted by Gasteiger charge is -2.29. The minimum atomic E-state index is -4.04. The van der Waals surface area contributed by atoms with Crippen molar-refractivity contribution in [3.63, 3.8) is 0 Å². The van der Waals surface area contributed by atoms with Crippen molar-refractivity contribution in [2.24, 2.45) is 5.73 Å². The first-order valence-electron chi connectivity index (χ1n) is 10.3. The van der Waals surface area contributed by atoms with Crippen LogP contribution in [0, 0.1) is 18.3 Å². The Morgan fingerprint density at radius 1 is 1.06 bits per heavy atom. The van der Waals surface area contributed by atoms with E-state index in [-0.39, 0.29) is 22.1 Å². The van der Waals surface area contributed by atoms with E-state index in [1.165, 1.54) is 12.1 Å². The number of aryl methyl sites for hydroxylation is 1. The number of ether oxygens (including phenoxy) is 1. The smallest absolute Gasteiger partial charge is 0.339 e. The Labute approximate surface area is 182 Å². The maximum Gasteiger partial charge on any atom is 0.339 e. The zero-order chi connectivity index (χ0) is 22.0. The van der Waals surface area contributed by atoms with Crippen LogP contribution >= 0.6 is 0 Å². The molecule has 1 heterocycles. The molecule has 0 radical (unpaired) electrons. The number of para-hydroxylation sites is 1. The Hall–Kier alpha value is -3.24. The van der Waals surface area contributed by atoms with Crippen molar-refractivity contribution in [2.75, 3.05) is 0 Å². The van der Waals surface area contributed by atoms with Crippen LogP contribution in [0.15, 0.2) is 76.2 Å². The Balaban J connectivity index is 1.79. The molecule has 1 aliphatic carbocycles. The molecule has 2 aliphatic rings. The average Bonchev–Trinajstić information content (AvgIpc) is 2.98. The highest BCUT2D eigenvalue weighted by Gasteiger charge is 2.35. The summed E-state index contributed by atoms with van der Waals surface area (Å²) in [6, 6.07) is 15.6. The zero-order valence-electron chi connectivity index (χ0n) is 17.3. The summed E-state index contributed by atoms with van der Waals surface area (Å²) < 4.78 is 37.3. The van der Waals surface area contributed by atoms with Crippen molar-refractivity contribution in [3.05, 3.63) is 82.4 Å². The molecule has 1 aliphatic heterocycles. The monoisotopic (exact) mass is 436 g/mol. The van der Waals surface area contributed by atoms with E-state index in [1.54, 1.807) is 36.4 Å². The van der Waals surface area contributed by atoms with Gasteiger partial charge in [-0.1, -0.05) is 42.3 Å². The highest BCUT2D eigenvalue weighted by molar-refractivity contribution is 7.87. The molecule has 1 unspecified atom stereocenters. The van der Waals surface area contributed by atoms with Crippen LogP contribution in [0.3, 0.4) is 0 Å². The number of hydrogen-bond acceptors (Lipinski definition) is 6. The number of nitrogens with two attached hydrogens (primary N) is 1. The quantitative estimate of drug-likeness (QED) is 0.692. The maximum atomic E-state index is 12.9. The van der Waals surface area contributed by atoms with Crippen LogP contribution in [0.25, 0.3) is 0 Å². The molecule has 0 spiro atoms. The van der Waals surface area contributed by atoms with Crippen molar-refractivity contribution >= 4 is 10.1 Å². The molecule has 0 aromatic heterocycles. The largest absolute Gasteiger partial charge is 0.445 e. The Bertz CT molecular complexity index is 1200. The van der Waals surface area contributed by atoms with Crippen molar-refractivity contribution in [1.29, 1.82) is 5.26 Å². The second-order valence-corrected chi connectivity index (χ2v) is 9.37. The van der Waals surface area contributed by atoms with E-state index < -0.39 is 16.0 Å². The van der Waals surface area contributed by atoms with Gasteiger partial charge in [0.15, 0.2) is 0 Å². The van der Waals surface area contributed by atoms with E-state index in [0.29, 0.717) is 5.56 Å². The number of benzene rings is 2. The number of allylic oxidation sites excluding steroid dienone is 3. The summed E-state index contributed by atoms with van der Waals surface area (Å²) in [5.41, 5.74) is 8.91. The molecule has 0 saturated heterocycles. The summed E-state index contributed by atoms with van der Waals surface area (Å²) >= 11 is 0. The number of hydrogen-bond donors (Lipinski definition) is 1. The highest BCUT2D eigenvalue weighted by Crippen LogP contribution is 2.46. The van der Waals surface area contributed by atoms with Gasteiger partial charge >= 0.3 is 10.1 Å². The van der Waals surface area contributed by atoms with Gasteiger partial charge in [0.1, 0.15) is 28.0 Å². The van der Waals surface area contributed by atoms with Crippen molar-refractivity contribution in [1.82, 2.24) is 0 Å². The van der Waals surface area contributed by atoms with E-state index in [2.05, 4.69) is 6.07 Å². The predicted molar refractivity (Wildman–Crippen MR) is 116 cm³/mol. The summed E-state index contributed by atoms with van der Waals surface area (Å²) in [7, 11) is -4.04. The van der Waals surface area contributed by atoms with Gasteiger partial charge in [-0.15, -0.1) is 0 Å². The molecule has 7 heteroatoms. The first-order chi connectivity index (χ1) is 14.9. The average molecular weight is 437 g/mol. The molecule has 2 N–H and O–H groups in total. The molecule has 1 atom stereocenters. The molecule has 0 saturated carbocycles. The fourth-order valence-electron chi connectivity index (χ4n) is 4.13. The predicted octanol–water partition coefficient (Wildman–Crippen LogP) is 4.79. The summed E-state index contributed by atoms with van der Waals surface area (Å²) in [6.45, 7) is 1.88. The van der Waals surface area contributed by atoms with Gasteiger partial charge in [0.2, 0.25) is 5.88 Å². The van der Waals surface area contributed by atoms with Crippen LogP contribution in [-0.4, -0.2) is 8.42 Å². The third-order valence-electron chi connectivity index (χ3n) is 5.70. The van der Waals surface area contributed by atoms with Crippen LogP contribution in [0.4, 0.5) is 0 Å². The van der Waals surface area contributed by atoms with E-state index in [9.17, 15) is 13.7 Å². The lowest BCUT2D eigenvalue weighted by atomic mass is 9.81. The van der Waals surface area contributed by atoms with Crippen LogP contribution in [0.5, 0.6) is 5.75 Å². The van der Waals surface area contributed by atoms with Crippen LogP contribution < -0.4 is 9.92 Å². The van der Waals surface area contributed by atoms with Crippen molar-refractivity contribution in [2.45, 2.75) is 49.8 Å². The Kier molecular flexibility index (Phi) is 5.75. The van der Waals surface area contributed by atoms with E-state index in [1.807, 2.05) is 6.92 Å². The van der Waals surface area contributed by atoms with E-state index >= 15 is 0 Å². The standard InChI is InChI=1S/C24H24N2O4S/c1-16-11-13-17(14-12-16)31(27,28)30-22-10-6-5-8-19(22)23-18-7-3-2-4-9-21(18)29-24(26)20(23)15-25/h5-6,8,10-14,23H,2-4,7,9,26H2,1H3. The number of rotatable bonds is 4. The van der Waals surface area contributed by atoms with Gasteiger partial charge in [-0.2, -0.15) is 13.7 Å². The van der Waals surface area contributed by atoms with E-state index in [0.717, 1.165) is 49.0 Å². The summed E-state index contributed by atoms with van der Waals surface area (Å²) in [4.78, 5) is 0.0739. The lowest BCUT2D eigenvalue weighted by Crippen LogP contribution is -2.21. The topological polar surface area (TPSA) is 102 Å². The fraction of sp³-hybridized carbons (Fsp3) is 0.292. The van der Waals surface area contributed by atoms with Crippen LogP contribution in [-0.2, 0) is 14.9 Å². The lowest BCUT2D eigenvalue weighted by molar-refractivity contribution is 0.263. The van der Waals surface area contributed by atoms with E-state index in [4.69, 9.17) is 14.7 Å². The molecule has 160 valence electrons. The molecule has 31 heavy (non-hydrogen) atoms. The maximum absolute atomic E-state index is 12.9. The molecule has 2 aromatic rings.